The molecule has 0 heterocycles. The average molecular weight is 225 g/mol. The molecular formula is C12H19NO3. The van der Waals surface area contributed by atoms with Crippen molar-refractivity contribution in [2.75, 3.05) is 21.3 Å². The second-order valence-electron chi connectivity index (χ2n) is 4.10. The number of rotatable bonds is 4. The van der Waals surface area contributed by atoms with Gasteiger partial charge in [0.15, 0.2) is 11.5 Å². The summed E-state index contributed by atoms with van der Waals surface area (Å²) >= 11 is 0. The number of methoxy groups -OCH3 is 2. The third-order valence-electron chi connectivity index (χ3n) is 2.83. The quantitative estimate of drug-likeness (QED) is 0.821. The Morgan fingerprint density at radius 3 is 1.88 bits per heavy atom. The van der Waals surface area contributed by atoms with Crippen molar-refractivity contribution in [3.05, 3.63) is 17.7 Å². The summed E-state index contributed by atoms with van der Waals surface area (Å²) in [7, 11) is 4.92. The molecule has 0 aliphatic carbocycles. The number of hydrogen-bond acceptors (Lipinski definition) is 4. The Morgan fingerprint density at radius 2 is 1.56 bits per heavy atom. The van der Waals surface area contributed by atoms with Crippen LogP contribution < -0.4 is 14.8 Å². The molecule has 0 bridgehead atoms. The summed E-state index contributed by atoms with van der Waals surface area (Å²) in [5.74, 6) is 0.857. The maximum Gasteiger partial charge on any atom is 0.200 e. The molecule has 0 spiro atoms. The lowest BCUT2D eigenvalue weighted by Gasteiger charge is -2.26. The van der Waals surface area contributed by atoms with Gasteiger partial charge in [-0.3, -0.25) is 0 Å². The first-order valence-corrected chi connectivity index (χ1v) is 5.10. The second kappa shape index (κ2) is 4.61. The van der Waals surface area contributed by atoms with E-state index < -0.39 is 0 Å². The van der Waals surface area contributed by atoms with Crippen LogP contribution in [-0.4, -0.2) is 26.4 Å². The van der Waals surface area contributed by atoms with E-state index in [-0.39, 0.29) is 11.3 Å². The van der Waals surface area contributed by atoms with Crippen LogP contribution in [0.25, 0.3) is 0 Å². The standard InChI is InChI=1S/C12H19NO3/c1-12(2,13-3)8-6-9(15-4)11(14)10(7-8)16-5/h6-7,13-14H,1-5H3. The molecule has 0 unspecified atom stereocenters. The number of aromatic hydroxyl groups is 1. The maximum absolute atomic E-state index is 9.78. The van der Waals surface area contributed by atoms with Crippen molar-refractivity contribution >= 4 is 0 Å². The van der Waals surface area contributed by atoms with E-state index in [1.54, 1.807) is 12.1 Å². The molecule has 0 atom stereocenters. The minimum absolute atomic E-state index is 0.0284. The number of ether oxygens (including phenoxy) is 2. The van der Waals surface area contributed by atoms with Gasteiger partial charge in [-0.2, -0.15) is 0 Å². The highest BCUT2D eigenvalue weighted by molar-refractivity contribution is 5.54. The highest BCUT2D eigenvalue weighted by Gasteiger charge is 2.22. The van der Waals surface area contributed by atoms with Crippen LogP contribution in [0.1, 0.15) is 19.4 Å². The number of hydrogen-bond donors (Lipinski definition) is 2. The van der Waals surface area contributed by atoms with Crippen LogP contribution in [0, 0.1) is 0 Å². The van der Waals surface area contributed by atoms with Crippen molar-refractivity contribution in [1.29, 1.82) is 0 Å². The van der Waals surface area contributed by atoms with Crippen LogP contribution >= 0.6 is 0 Å². The van der Waals surface area contributed by atoms with E-state index in [1.807, 2.05) is 20.9 Å². The Bertz CT molecular complexity index is 350. The van der Waals surface area contributed by atoms with Gasteiger partial charge in [-0.25, -0.2) is 0 Å². The van der Waals surface area contributed by atoms with E-state index >= 15 is 0 Å². The Hall–Kier alpha value is -1.42. The van der Waals surface area contributed by atoms with E-state index in [0.717, 1.165) is 5.56 Å². The Balaban J connectivity index is 3.32. The molecule has 0 saturated heterocycles. The molecule has 0 radical (unpaired) electrons. The molecule has 0 fully saturated rings. The Morgan fingerprint density at radius 1 is 1.12 bits per heavy atom. The smallest absolute Gasteiger partial charge is 0.200 e. The third-order valence-corrected chi connectivity index (χ3v) is 2.83. The van der Waals surface area contributed by atoms with E-state index in [0.29, 0.717) is 11.5 Å². The Labute approximate surface area is 96.2 Å². The van der Waals surface area contributed by atoms with Gasteiger partial charge in [0.05, 0.1) is 14.2 Å². The van der Waals surface area contributed by atoms with E-state index in [4.69, 9.17) is 9.47 Å². The summed E-state index contributed by atoms with van der Waals surface area (Å²) in [6.45, 7) is 4.08. The van der Waals surface area contributed by atoms with Gasteiger partial charge in [0, 0.05) is 5.54 Å². The lowest BCUT2D eigenvalue weighted by Crippen LogP contribution is -2.33. The fourth-order valence-electron chi connectivity index (χ4n) is 1.40. The summed E-state index contributed by atoms with van der Waals surface area (Å²) in [4.78, 5) is 0. The minimum atomic E-state index is -0.214. The average Bonchev–Trinajstić information content (AvgIpc) is 2.29. The zero-order valence-electron chi connectivity index (χ0n) is 10.4. The SMILES string of the molecule is CNC(C)(C)c1cc(OC)c(O)c(OC)c1. The molecule has 4 heteroatoms. The van der Waals surface area contributed by atoms with Gasteiger partial charge in [0.25, 0.3) is 0 Å². The molecule has 16 heavy (non-hydrogen) atoms. The van der Waals surface area contributed by atoms with Crippen molar-refractivity contribution < 1.29 is 14.6 Å². The van der Waals surface area contributed by atoms with E-state index in [2.05, 4.69) is 5.32 Å². The number of phenolic OH excluding ortho intramolecular Hbond substituents is 1. The van der Waals surface area contributed by atoms with Crippen LogP contribution in [-0.2, 0) is 5.54 Å². The third kappa shape index (κ3) is 2.22. The molecule has 0 saturated carbocycles. The van der Waals surface area contributed by atoms with Crippen LogP contribution in [0.15, 0.2) is 12.1 Å². The predicted molar refractivity (Wildman–Crippen MR) is 63.3 cm³/mol. The van der Waals surface area contributed by atoms with Crippen molar-refractivity contribution in [3.63, 3.8) is 0 Å². The topological polar surface area (TPSA) is 50.7 Å². The summed E-state index contributed by atoms with van der Waals surface area (Å²) in [6, 6.07) is 3.60. The molecule has 0 amide bonds. The van der Waals surface area contributed by atoms with Gasteiger partial charge >= 0.3 is 0 Å². The zero-order chi connectivity index (χ0) is 12.3. The van der Waals surface area contributed by atoms with Gasteiger partial charge in [-0.05, 0) is 38.6 Å². The first-order valence-electron chi connectivity index (χ1n) is 5.10. The van der Waals surface area contributed by atoms with E-state index in [1.165, 1.54) is 14.2 Å². The first kappa shape index (κ1) is 12.6. The second-order valence-corrected chi connectivity index (χ2v) is 4.10. The van der Waals surface area contributed by atoms with Crippen molar-refractivity contribution in [1.82, 2.24) is 5.32 Å². The van der Waals surface area contributed by atoms with Gasteiger partial charge in [0.2, 0.25) is 5.75 Å². The van der Waals surface area contributed by atoms with Crippen LogP contribution in [0.5, 0.6) is 17.2 Å². The van der Waals surface area contributed by atoms with Crippen LogP contribution in [0.4, 0.5) is 0 Å². The fraction of sp³-hybridized carbons (Fsp3) is 0.500. The number of nitrogens with one attached hydrogen (secondary N) is 1. The minimum Gasteiger partial charge on any atom is -0.502 e. The molecule has 0 aliphatic heterocycles. The zero-order valence-corrected chi connectivity index (χ0v) is 10.4. The van der Waals surface area contributed by atoms with Crippen molar-refractivity contribution in [2.24, 2.45) is 0 Å². The molecule has 1 rings (SSSR count). The molecule has 90 valence electrons. The fourth-order valence-corrected chi connectivity index (χ4v) is 1.40. The largest absolute Gasteiger partial charge is 0.502 e. The molecular weight excluding hydrogens is 206 g/mol. The molecule has 0 aliphatic rings. The Kier molecular flexibility index (Phi) is 3.65. The number of benzene rings is 1. The normalized spacial score (nSPS) is 11.3. The summed E-state index contributed by atoms with van der Waals surface area (Å²) in [5.41, 5.74) is 0.773. The molecule has 1 aromatic rings. The predicted octanol–water partition coefficient (Wildman–Crippen LogP) is 1.86. The monoisotopic (exact) mass is 225 g/mol. The molecule has 0 aromatic heterocycles. The number of phenols is 1. The van der Waals surface area contributed by atoms with Crippen LogP contribution in [0.3, 0.4) is 0 Å². The van der Waals surface area contributed by atoms with Crippen molar-refractivity contribution in [2.45, 2.75) is 19.4 Å². The van der Waals surface area contributed by atoms with Crippen molar-refractivity contribution in [3.8, 4) is 17.2 Å². The summed E-state index contributed by atoms with van der Waals surface area (Å²) in [5, 5.41) is 13.0. The van der Waals surface area contributed by atoms with E-state index in [9.17, 15) is 5.11 Å². The first-order chi connectivity index (χ1) is 7.46. The maximum atomic E-state index is 9.78. The molecule has 1 aromatic carbocycles. The molecule has 2 N–H and O–H groups in total. The summed E-state index contributed by atoms with van der Waals surface area (Å²) < 4.78 is 10.2. The van der Waals surface area contributed by atoms with Gasteiger partial charge in [-0.15, -0.1) is 0 Å². The summed E-state index contributed by atoms with van der Waals surface area (Å²) in [6.07, 6.45) is 0. The van der Waals surface area contributed by atoms with Crippen LogP contribution in [0.2, 0.25) is 0 Å². The lowest BCUT2D eigenvalue weighted by atomic mass is 9.94. The van der Waals surface area contributed by atoms with Gasteiger partial charge in [-0.1, -0.05) is 0 Å². The van der Waals surface area contributed by atoms with Gasteiger partial charge in [0.1, 0.15) is 0 Å². The highest BCUT2D eigenvalue weighted by atomic mass is 16.5. The molecule has 4 nitrogen and oxygen atoms in total. The van der Waals surface area contributed by atoms with Gasteiger partial charge < -0.3 is 19.9 Å². The highest BCUT2D eigenvalue weighted by Crippen LogP contribution is 2.39. The lowest BCUT2D eigenvalue weighted by molar-refractivity contribution is 0.335.